The van der Waals surface area contributed by atoms with E-state index < -0.39 is 6.04 Å². The van der Waals surface area contributed by atoms with Gasteiger partial charge in [0.25, 0.3) is 5.91 Å². The van der Waals surface area contributed by atoms with Crippen molar-refractivity contribution in [2.45, 2.75) is 32.5 Å². The normalized spacial score (nSPS) is 16.2. The molecule has 2 amide bonds. The number of benzene rings is 2. The van der Waals surface area contributed by atoms with E-state index in [1.165, 1.54) is 17.0 Å². The summed E-state index contributed by atoms with van der Waals surface area (Å²) in [6, 6.07) is 12.7. The summed E-state index contributed by atoms with van der Waals surface area (Å²) in [6.45, 7) is 2.93. The smallest absolute Gasteiger partial charge is 0.252 e. The van der Waals surface area contributed by atoms with E-state index in [2.05, 4.69) is 5.32 Å². The summed E-state index contributed by atoms with van der Waals surface area (Å²) < 4.78 is 18.4. The Morgan fingerprint density at radius 3 is 2.30 bits per heavy atom. The van der Waals surface area contributed by atoms with E-state index in [4.69, 9.17) is 17.0 Å². The Kier molecular flexibility index (Phi) is 6.99. The summed E-state index contributed by atoms with van der Waals surface area (Å²) in [6.07, 6.45) is 0.0168. The van der Waals surface area contributed by atoms with Crippen LogP contribution in [0.25, 0.3) is 0 Å². The van der Waals surface area contributed by atoms with Gasteiger partial charge in [0, 0.05) is 13.1 Å². The van der Waals surface area contributed by atoms with Gasteiger partial charge in [-0.1, -0.05) is 24.3 Å². The monoisotopic (exact) mass is 429 g/mol. The second-order valence-corrected chi connectivity index (χ2v) is 7.35. The Balaban J connectivity index is 1.83. The van der Waals surface area contributed by atoms with Gasteiger partial charge in [-0.05, 0) is 54.5 Å². The predicted octanol–water partition coefficient (Wildman–Crippen LogP) is 2.86. The van der Waals surface area contributed by atoms with Crippen molar-refractivity contribution in [2.24, 2.45) is 0 Å². The van der Waals surface area contributed by atoms with Crippen LogP contribution in [0.1, 0.15) is 24.5 Å². The maximum absolute atomic E-state index is 13.2. The van der Waals surface area contributed by atoms with E-state index >= 15 is 0 Å². The number of ether oxygens (including phenoxy) is 1. The Morgan fingerprint density at radius 1 is 1.10 bits per heavy atom. The zero-order valence-corrected chi connectivity index (χ0v) is 17.7. The number of hydrogen-bond donors (Lipinski definition) is 1. The van der Waals surface area contributed by atoms with Crippen LogP contribution in [0.2, 0.25) is 0 Å². The summed E-state index contributed by atoms with van der Waals surface area (Å²) >= 11 is 5.61. The predicted molar refractivity (Wildman–Crippen MR) is 115 cm³/mol. The summed E-state index contributed by atoms with van der Waals surface area (Å²) in [4.78, 5) is 28.6. The number of amides is 2. The first-order chi connectivity index (χ1) is 14.4. The van der Waals surface area contributed by atoms with E-state index in [9.17, 15) is 14.0 Å². The SMILES string of the molecule is CCNC(=O)C[C@H]1C(=O)N(Cc2ccc(F)cc2)C(=S)N1Cc1ccc(OC)cc1. The maximum atomic E-state index is 13.2. The molecule has 1 fully saturated rings. The molecule has 0 unspecified atom stereocenters. The molecule has 1 heterocycles. The highest BCUT2D eigenvalue weighted by atomic mass is 32.1. The van der Waals surface area contributed by atoms with Gasteiger partial charge in [0.2, 0.25) is 5.91 Å². The third-order valence-corrected chi connectivity index (χ3v) is 5.38. The van der Waals surface area contributed by atoms with E-state index in [0.29, 0.717) is 18.2 Å². The van der Waals surface area contributed by atoms with Crippen molar-refractivity contribution in [2.75, 3.05) is 13.7 Å². The van der Waals surface area contributed by atoms with Crippen LogP contribution >= 0.6 is 12.2 Å². The number of nitrogens with zero attached hydrogens (tertiary/aromatic N) is 2. The summed E-state index contributed by atoms with van der Waals surface area (Å²) in [5.74, 6) is -0.0499. The first kappa shape index (κ1) is 21.7. The average molecular weight is 430 g/mol. The van der Waals surface area contributed by atoms with E-state index in [0.717, 1.165) is 16.9 Å². The molecule has 158 valence electrons. The highest BCUT2D eigenvalue weighted by molar-refractivity contribution is 7.80. The molecule has 1 aliphatic heterocycles. The van der Waals surface area contributed by atoms with Crippen LogP contribution in [0.15, 0.2) is 48.5 Å². The Bertz CT molecular complexity index is 918. The number of nitrogens with one attached hydrogen (secondary N) is 1. The molecule has 8 heteroatoms. The number of rotatable bonds is 8. The number of thiocarbonyl (C=S) groups is 1. The minimum Gasteiger partial charge on any atom is -0.497 e. The van der Waals surface area contributed by atoms with Gasteiger partial charge >= 0.3 is 0 Å². The van der Waals surface area contributed by atoms with Crippen molar-refractivity contribution in [3.8, 4) is 5.75 Å². The molecule has 3 rings (SSSR count). The molecule has 0 aliphatic carbocycles. The van der Waals surface area contributed by atoms with Gasteiger partial charge in [-0.3, -0.25) is 14.5 Å². The molecule has 1 N–H and O–H groups in total. The second-order valence-electron chi connectivity index (χ2n) is 6.98. The Hall–Kier alpha value is -3.00. The minimum atomic E-state index is -0.688. The van der Waals surface area contributed by atoms with Crippen molar-refractivity contribution in [3.63, 3.8) is 0 Å². The van der Waals surface area contributed by atoms with Crippen LogP contribution in [-0.2, 0) is 22.7 Å². The quantitative estimate of drug-likeness (QED) is 0.654. The fourth-order valence-corrected chi connectivity index (χ4v) is 3.71. The van der Waals surface area contributed by atoms with E-state index in [-0.39, 0.29) is 30.6 Å². The number of carbonyl (C=O) groups excluding carboxylic acids is 2. The highest BCUT2D eigenvalue weighted by Gasteiger charge is 2.43. The standard InChI is InChI=1S/C22H24FN3O3S/c1-3-24-20(27)12-19-21(28)26(14-15-4-8-17(23)9-5-15)22(30)25(19)13-16-6-10-18(29-2)11-7-16/h4-11,19H,3,12-14H2,1-2H3,(H,24,27)/t19-/m0/s1. The topological polar surface area (TPSA) is 61.9 Å². The number of methoxy groups -OCH3 is 1. The molecular formula is C22H24FN3O3S. The zero-order valence-electron chi connectivity index (χ0n) is 16.9. The number of halogens is 1. The molecule has 0 aromatic heterocycles. The maximum Gasteiger partial charge on any atom is 0.252 e. The van der Waals surface area contributed by atoms with Crippen LogP contribution in [0.3, 0.4) is 0 Å². The lowest BCUT2D eigenvalue weighted by Crippen LogP contribution is -2.39. The van der Waals surface area contributed by atoms with Crippen molar-refractivity contribution < 1.29 is 18.7 Å². The van der Waals surface area contributed by atoms with Crippen molar-refractivity contribution in [3.05, 3.63) is 65.5 Å². The molecule has 1 aliphatic rings. The molecule has 0 bridgehead atoms. The third-order valence-electron chi connectivity index (χ3n) is 4.92. The molecule has 0 spiro atoms. The van der Waals surface area contributed by atoms with E-state index in [1.807, 2.05) is 31.2 Å². The largest absolute Gasteiger partial charge is 0.497 e. The lowest BCUT2D eigenvalue weighted by atomic mass is 10.1. The van der Waals surface area contributed by atoms with E-state index in [1.54, 1.807) is 24.1 Å². The summed E-state index contributed by atoms with van der Waals surface area (Å²) in [7, 11) is 1.60. The summed E-state index contributed by atoms with van der Waals surface area (Å²) in [5.41, 5.74) is 1.70. The Labute approximate surface area is 180 Å². The van der Waals surface area contributed by atoms with Gasteiger partial charge in [-0.25, -0.2) is 4.39 Å². The molecule has 1 atom stereocenters. The molecule has 30 heavy (non-hydrogen) atoms. The lowest BCUT2D eigenvalue weighted by Gasteiger charge is -2.24. The molecule has 6 nitrogen and oxygen atoms in total. The van der Waals surface area contributed by atoms with Gasteiger partial charge in [-0.15, -0.1) is 0 Å². The zero-order chi connectivity index (χ0) is 21.7. The fraction of sp³-hybridized carbons (Fsp3) is 0.318. The van der Waals surface area contributed by atoms with Gasteiger partial charge in [0.05, 0.1) is 20.1 Å². The first-order valence-corrected chi connectivity index (χ1v) is 10.1. The third kappa shape index (κ3) is 4.94. The first-order valence-electron chi connectivity index (χ1n) is 9.69. The summed E-state index contributed by atoms with van der Waals surface area (Å²) in [5, 5.41) is 3.10. The lowest BCUT2D eigenvalue weighted by molar-refractivity contribution is -0.132. The van der Waals surface area contributed by atoms with Crippen LogP contribution in [0.4, 0.5) is 4.39 Å². The molecule has 2 aromatic rings. The average Bonchev–Trinajstić information content (AvgIpc) is 2.95. The number of hydrogen-bond acceptors (Lipinski definition) is 4. The van der Waals surface area contributed by atoms with Crippen molar-refractivity contribution >= 4 is 29.1 Å². The van der Waals surface area contributed by atoms with Gasteiger partial charge in [0.1, 0.15) is 17.6 Å². The molecule has 0 saturated carbocycles. The minimum absolute atomic E-state index is 0.0168. The molecule has 1 saturated heterocycles. The Morgan fingerprint density at radius 2 is 1.70 bits per heavy atom. The van der Waals surface area contributed by atoms with Gasteiger partial charge in [0.15, 0.2) is 5.11 Å². The number of carbonyl (C=O) groups is 2. The second kappa shape index (κ2) is 9.67. The highest BCUT2D eigenvalue weighted by Crippen LogP contribution is 2.26. The van der Waals surface area contributed by atoms with Crippen LogP contribution in [-0.4, -0.2) is 46.4 Å². The van der Waals surface area contributed by atoms with Gasteiger partial charge in [-0.2, -0.15) is 0 Å². The molecular weight excluding hydrogens is 405 g/mol. The van der Waals surface area contributed by atoms with Crippen molar-refractivity contribution in [1.82, 2.24) is 15.1 Å². The molecule has 0 radical (unpaired) electrons. The molecule has 2 aromatic carbocycles. The fourth-order valence-electron chi connectivity index (χ4n) is 3.36. The van der Waals surface area contributed by atoms with Crippen LogP contribution in [0.5, 0.6) is 5.75 Å². The van der Waals surface area contributed by atoms with Crippen LogP contribution < -0.4 is 10.1 Å². The van der Waals surface area contributed by atoms with Crippen molar-refractivity contribution in [1.29, 1.82) is 0 Å². The van der Waals surface area contributed by atoms with Crippen LogP contribution in [0, 0.1) is 5.82 Å². The van der Waals surface area contributed by atoms with Gasteiger partial charge < -0.3 is 15.0 Å².